The van der Waals surface area contributed by atoms with Gasteiger partial charge >= 0.3 is 0 Å². The van der Waals surface area contributed by atoms with E-state index in [2.05, 4.69) is 5.32 Å². The number of rotatable bonds is 6. The Morgan fingerprint density at radius 3 is 2.15 bits per heavy atom. The summed E-state index contributed by atoms with van der Waals surface area (Å²) in [7, 11) is 1.95. The van der Waals surface area contributed by atoms with E-state index in [0.717, 1.165) is 0 Å². The summed E-state index contributed by atoms with van der Waals surface area (Å²) >= 11 is 0. The van der Waals surface area contributed by atoms with Gasteiger partial charge in [-0.2, -0.15) is 0 Å². The average molecular weight is 391 g/mol. The van der Waals surface area contributed by atoms with Crippen LogP contribution in [0.5, 0.6) is 0 Å². The highest BCUT2D eigenvalue weighted by molar-refractivity contribution is 7.89. The molecule has 0 aromatic heterocycles. The van der Waals surface area contributed by atoms with E-state index in [-0.39, 0.29) is 16.4 Å². The summed E-state index contributed by atoms with van der Waals surface area (Å²) in [6, 6.07) is 12.0. The van der Waals surface area contributed by atoms with Crippen LogP contribution < -0.4 is 5.32 Å². The van der Waals surface area contributed by atoms with E-state index >= 15 is 0 Å². The Morgan fingerprint density at radius 2 is 1.59 bits per heavy atom. The fourth-order valence-electron chi connectivity index (χ4n) is 2.20. The van der Waals surface area contributed by atoms with Gasteiger partial charge in [0.2, 0.25) is 0 Å². The number of benzene rings is 2. The molecule has 1 N–H and O–H groups in total. The number of hydrogen-bond acceptors (Lipinski definition) is 5. The Balaban J connectivity index is 2.20. The van der Waals surface area contributed by atoms with E-state index < -0.39 is 15.9 Å². The normalized spacial score (nSPS) is 11.3. The lowest BCUT2D eigenvalue weighted by molar-refractivity contribution is -0.0258. The van der Waals surface area contributed by atoms with Gasteiger partial charge in [0, 0.05) is 38.0 Å². The molecule has 0 aliphatic carbocycles. The summed E-state index contributed by atoms with van der Waals surface area (Å²) < 4.78 is 25.3. The van der Waals surface area contributed by atoms with Crippen LogP contribution in [0.1, 0.15) is 20.7 Å². The number of sulfonamides is 1. The molecule has 0 aliphatic rings. The van der Waals surface area contributed by atoms with Crippen molar-refractivity contribution in [2.75, 3.05) is 33.6 Å². The van der Waals surface area contributed by atoms with Crippen LogP contribution in [0.15, 0.2) is 53.4 Å². The van der Waals surface area contributed by atoms with Gasteiger partial charge in [0.15, 0.2) is 0 Å². The van der Waals surface area contributed by atoms with E-state index in [0.29, 0.717) is 15.7 Å². The minimum Gasteiger partial charge on any atom is -0.345 e. The van der Waals surface area contributed by atoms with Crippen molar-refractivity contribution >= 4 is 27.5 Å². The van der Waals surface area contributed by atoms with Gasteiger partial charge < -0.3 is 10.2 Å². The van der Waals surface area contributed by atoms with Crippen LogP contribution in [-0.4, -0.2) is 57.9 Å². The van der Waals surface area contributed by atoms with Crippen LogP contribution in [0.3, 0.4) is 0 Å². The molecule has 0 spiro atoms. The third kappa shape index (κ3) is 4.70. The smallest absolute Gasteiger partial charge is 0.264 e. The minimum absolute atomic E-state index is 0.0635. The number of anilines is 1. The third-order valence-electron chi connectivity index (χ3n) is 3.79. The third-order valence-corrected chi connectivity index (χ3v) is 5.46. The second-order valence-electron chi connectivity index (χ2n) is 5.86. The lowest BCUT2D eigenvalue weighted by atomic mass is 10.1. The number of amides is 2. The number of nitrogens with one attached hydrogen (secondary N) is 1. The first-order valence-corrected chi connectivity index (χ1v) is 9.37. The molecule has 8 nitrogen and oxygen atoms in total. The summed E-state index contributed by atoms with van der Waals surface area (Å²) in [6.07, 6.45) is 0. The fourth-order valence-corrected chi connectivity index (χ4v) is 3.22. The van der Waals surface area contributed by atoms with Crippen molar-refractivity contribution in [2.24, 2.45) is 0 Å². The molecule has 0 aliphatic heterocycles. The second-order valence-corrected chi connectivity index (χ2v) is 7.79. The van der Waals surface area contributed by atoms with Crippen LogP contribution in [0, 0.1) is 0 Å². The van der Waals surface area contributed by atoms with Crippen LogP contribution in [0.4, 0.5) is 5.69 Å². The summed E-state index contributed by atoms with van der Waals surface area (Å²) in [4.78, 5) is 30.4. The Morgan fingerprint density at radius 1 is 0.963 bits per heavy atom. The van der Waals surface area contributed by atoms with Gasteiger partial charge in [0.25, 0.3) is 21.8 Å². The first-order chi connectivity index (χ1) is 12.7. The van der Waals surface area contributed by atoms with E-state index in [4.69, 9.17) is 4.84 Å². The van der Waals surface area contributed by atoms with Crippen LogP contribution in [-0.2, 0) is 14.9 Å². The molecule has 0 heterocycles. The van der Waals surface area contributed by atoms with Crippen molar-refractivity contribution < 1.29 is 22.8 Å². The van der Waals surface area contributed by atoms with Gasteiger partial charge in [-0.3, -0.25) is 14.4 Å². The largest absolute Gasteiger partial charge is 0.345 e. The van der Waals surface area contributed by atoms with E-state index in [9.17, 15) is 18.0 Å². The topological polar surface area (TPSA) is 96.0 Å². The highest BCUT2D eigenvalue weighted by atomic mass is 32.2. The van der Waals surface area contributed by atoms with E-state index in [1.807, 2.05) is 0 Å². The van der Waals surface area contributed by atoms with Crippen LogP contribution >= 0.6 is 0 Å². The lowest BCUT2D eigenvalue weighted by Gasteiger charge is -2.14. The zero-order chi connectivity index (χ0) is 20.2. The maximum absolute atomic E-state index is 12.4. The van der Waals surface area contributed by atoms with Crippen molar-refractivity contribution in [3.63, 3.8) is 0 Å². The zero-order valence-corrected chi connectivity index (χ0v) is 16.3. The zero-order valence-electron chi connectivity index (χ0n) is 15.5. The number of carbonyl (C=O) groups is 2. The molecular formula is C18H21N3O5S. The number of hydroxylamine groups is 1. The molecule has 0 fully saturated rings. The molecule has 0 saturated heterocycles. The Bertz CT molecular complexity index is 940. The maximum Gasteiger partial charge on any atom is 0.264 e. The highest BCUT2D eigenvalue weighted by Crippen LogP contribution is 2.18. The Kier molecular flexibility index (Phi) is 6.32. The van der Waals surface area contributed by atoms with E-state index in [1.165, 1.54) is 43.3 Å². The molecule has 0 unspecified atom stereocenters. The average Bonchev–Trinajstić information content (AvgIpc) is 2.67. The van der Waals surface area contributed by atoms with Gasteiger partial charge in [0.1, 0.15) is 0 Å². The molecule has 0 radical (unpaired) electrons. The van der Waals surface area contributed by atoms with Gasteiger partial charge in [-0.15, -0.1) is 0 Å². The SMILES string of the molecule is CON(C)S(=O)(=O)c1cccc(C(=O)Nc2ccc(C(=O)N(C)C)cc2)c1. The Hall–Kier alpha value is -2.75. The first kappa shape index (κ1) is 20.6. The second kappa shape index (κ2) is 8.30. The van der Waals surface area contributed by atoms with Crippen molar-refractivity contribution in [1.29, 1.82) is 0 Å². The quantitative estimate of drug-likeness (QED) is 0.758. The van der Waals surface area contributed by atoms with Gasteiger partial charge in [0.05, 0.1) is 12.0 Å². The lowest BCUT2D eigenvalue weighted by Crippen LogP contribution is -2.26. The predicted octanol–water partition coefficient (Wildman–Crippen LogP) is 1.82. The highest BCUT2D eigenvalue weighted by Gasteiger charge is 2.22. The Labute approximate surface area is 158 Å². The monoisotopic (exact) mass is 391 g/mol. The fraction of sp³-hybridized carbons (Fsp3) is 0.222. The predicted molar refractivity (Wildman–Crippen MR) is 101 cm³/mol. The van der Waals surface area contributed by atoms with Gasteiger partial charge in [-0.25, -0.2) is 8.42 Å². The van der Waals surface area contributed by atoms with Crippen molar-refractivity contribution in [2.45, 2.75) is 4.90 Å². The molecule has 27 heavy (non-hydrogen) atoms. The number of nitrogens with zero attached hydrogens (tertiary/aromatic N) is 2. The standard InChI is InChI=1S/C18H21N3O5S/c1-20(2)18(23)13-8-10-15(11-9-13)19-17(22)14-6-5-7-16(12-14)27(24,25)21(3)26-4/h5-12H,1-4H3,(H,19,22). The molecule has 2 amide bonds. The summed E-state index contributed by atoms with van der Waals surface area (Å²) in [6.45, 7) is 0. The van der Waals surface area contributed by atoms with Crippen LogP contribution in [0.25, 0.3) is 0 Å². The molecule has 0 atom stereocenters. The van der Waals surface area contributed by atoms with E-state index in [1.54, 1.807) is 38.4 Å². The molecule has 2 rings (SSSR count). The maximum atomic E-state index is 12.4. The molecule has 2 aromatic carbocycles. The summed E-state index contributed by atoms with van der Waals surface area (Å²) in [5.74, 6) is -0.619. The molecule has 2 aromatic rings. The molecule has 9 heteroatoms. The molecule has 144 valence electrons. The minimum atomic E-state index is -3.85. The van der Waals surface area contributed by atoms with Gasteiger partial charge in [-0.05, 0) is 42.5 Å². The van der Waals surface area contributed by atoms with Crippen LogP contribution in [0.2, 0.25) is 0 Å². The number of hydrogen-bond donors (Lipinski definition) is 1. The van der Waals surface area contributed by atoms with Crippen molar-refractivity contribution in [3.8, 4) is 0 Å². The molecule has 0 saturated carbocycles. The van der Waals surface area contributed by atoms with Gasteiger partial charge in [-0.1, -0.05) is 10.5 Å². The number of carbonyl (C=O) groups excluding carboxylic acids is 2. The summed E-state index contributed by atoms with van der Waals surface area (Å²) in [5, 5.41) is 2.67. The van der Waals surface area contributed by atoms with Crippen molar-refractivity contribution in [3.05, 3.63) is 59.7 Å². The first-order valence-electron chi connectivity index (χ1n) is 7.93. The molecular weight excluding hydrogens is 370 g/mol. The molecule has 0 bridgehead atoms. The summed E-state index contributed by atoms with van der Waals surface area (Å²) in [5.41, 5.74) is 1.15. The van der Waals surface area contributed by atoms with Crippen molar-refractivity contribution in [1.82, 2.24) is 9.37 Å².